The van der Waals surface area contributed by atoms with Gasteiger partial charge in [-0.2, -0.15) is 0 Å². The van der Waals surface area contributed by atoms with Gasteiger partial charge in [-0.25, -0.2) is 13.1 Å². The minimum absolute atomic E-state index is 0.0139. The maximum atomic E-state index is 12.1. The lowest BCUT2D eigenvalue weighted by Gasteiger charge is -2.36. The van der Waals surface area contributed by atoms with Crippen molar-refractivity contribution >= 4 is 27.3 Å². The zero-order chi connectivity index (χ0) is 13.4. The summed E-state index contributed by atoms with van der Waals surface area (Å²) in [5, 5.41) is 9.94. The van der Waals surface area contributed by atoms with Crippen LogP contribution in [0.1, 0.15) is 19.3 Å². The van der Waals surface area contributed by atoms with Crippen LogP contribution < -0.4 is 10.5 Å². The molecule has 1 saturated carbocycles. The molecular weight excluding hydrogens is 276 g/mol. The number of halogens is 1. The summed E-state index contributed by atoms with van der Waals surface area (Å²) >= 11 is 5.85. The van der Waals surface area contributed by atoms with Crippen LogP contribution in [-0.4, -0.2) is 25.7 Å². The topological polar surface area (TPSA) is 92.4 Å². The van der Waals surface area contributed by atoms with E-state index in [2.05, 4.69) is 4.72 Å². The molecule has 0 aromatic heterocycles. The van der Waals surface area contributed by atoms with Crippen molar-refractivity contribution in [1.29, 1.82) is 0 Å². The van der Waals surface area contributed by atoms with Gasteiger partial charge in [0.25, 0.3) is 0 Å². The van der Waals surface area contributed by atoms with Gasteiger partial charge in [0, 0.05) is 6.54 Å². The lowest BCUT2D eigenvalue weighted by Crippen LogP contribution is -2.47. The molecule has 7 heteroatoms. The molecule has 1 aromatic carbocycles. The first-order valence-corrected chi connectivity index (χ1v) is 7.46. The van der Waals surface area contributed by atoms with Gasteiger partial charge in [0.15, 0.2) is 0 Å². The molecule has 5 nitrogen and oxygen atoms in total. The minimum Gasteiger partial charge on any atom is -0.398 e. The Hall–Kier alpha value is -0.820. The summed E-state index contributed by atoms with van der Waals surface area (Å²) in [4.78, 5) is -0.130. The molecule has 0 saturated heterocycles. The number of hydrogen-bond acceptors (Lipinski definition) is 4. The average molecular weight is 291 g/mol. The molecule has 2 rings (SSSR count). The smallest absolute Gasteiger partial charge is 0.244 e. The van der Waals surface area contributed by atoms with Crippen LogP contribution in [0, 0.1) is 0 Å². The molecule has 1 fully saturated rings. The summed E-state index contributed by atoms with van der Waals surface area (Å²) in [6, 6.07) is 4.51. The van der Waals surface area contributed by atoms with Gasteiger partial charge < -0.3 is 10.8 Å². The van der Waals surface area contributed by atoms with Gasteiger partial charge in [0.1, 0.15) is 4.90 Å². The Morgan fingerprint density at radius 2 is 2.11 bits per heavy atom. The van der Waals surface area contributed by atoms with Crippen LogP contribution >= 0.6 is 11.6 Å². The van der Waals surface area contributed by atoms with Crippen molar-refractivity contribution < 1.29 is 13.5 Å². The predicted octanol–water partition coefficient (Wildman–Crippen LogP) is 1.12. The second-order valence-electron chi connectivity index (χ2n) is 4.56. The molecule has 1 aliphatic rings. The van der Waals surface area contributed by atoms with Gasteiger partial charge in [-0.15, -0.1) is 0 Å². The first-order valence-electron chi connectivity index (χ1n) is 5.60. The highest BCUT2D eigenvalue weighted by molar-refractivity contribution is 7.89. The van der Waals surface area contributed by atoms with Crippen molar-refractivity contribution in [2.24, 2.45) is 0 Å². The number of benzene rings is 1. The Kier molecular flexibility index (Phi) is 3.55. The molecule has 1 aromatic rings. The number of hydrogen-bond donors (Lipinski definition) is 3. The lowest BCUT2D eigenvalue weighted by molar-refractivity contribution is -0.0270. The van der Waals surface area contributed by atoms with Crippen molar-refractivity contribution in [3.05, 3.63) is 23.2 Å². The Morgan fingerprint density at radius 3 is 2.61 bits per heavy atom. The summed E-state index contributed by atoms with van der Waals surface area (Å²) in [5.74, 6) is 0. The number of nitrogens with two attached hydrogens (primary N) is 1. The Balaban J connectivity index is 2.20. The predicted molar refractivity (Wildman–Crippen MR) is 69.9 cm³/mol. The quantitative estimate of drug-likeness (QED) is 0.725. The van der Waals surface area contributed by atoms with E-state index in [-0.39, 0.29) is 22.2 Å². The lowest BCUT2D eigenvalue weighted by atomic mass is 9.81. The van der Waals surface area contributed by atoms with Crippen molar-refractivity contribution in [3.63, 3.8) is 0 Å². The van der Waals surface area contributed by atoms with Crippen LogP contribution in [0.2, 0.25) is 5.02 Å². The van der Waals surface area contributed by atoms with Gasteiger partial charge in [-0.05, 0) is 31.4 Å². The molecule has 4 N–H and O–H groups in total. The van der Waals surface area contributed by atoms with Gasteiger partial charge >= 0.3 is 0 Å². The fourth-order valence-corrected chi connectivity index (χ4v) is 3.66. The zero-order valence-corrected chi connectivity index (χ0v) is 11.3. The van der Waals surface area contributed by atoms with Crippen molar-refractivity contribution in [2.75, 3.05) is 12.3 Å². The van der Waals surface area contributed by atoms with Gasteiger partial charge in [-0.1, -0.05) is 17.7 Å². The highest BCUT2D eigenvalue weighted by Gasteiger charge is 2.36. The van der Waals surface area contributed by atoms with E-state index in [1.165, 1.54) is 12.1 Å². The average Bonchev–Trinajstić information content (AvgIpc) is 2.23. The summed E-state index contributed by atoms with van der Waals surface area (Å²) in [6.07, 6.45) is 2.12. The van der Waals surface area contributed by atoms with E-state index >= 15 is 0 Å². The molecular formula is C11H15ClN2O3S. The van der Waals surface area contributed by atoms with Crippen LogP contribution in [0.3, 0.4) is 0 Å². The van der Waals surface area contributed by atoms with Crippen molar-refractivity contribution in [1.82, 2.24) is 4.72 Å². The van der Waals surface area contributed by atoms with Gasteiger partial charge in [-0.3, -0.25) is 0 Å². The zero-order valence-electron chi connectivity index (χ0n) is 9.69. The second-order valence-corrected chi connectivity index (χ2v) is 6.67. The normalized spacial score (nSPS) is 18.3. The number of nitrogen functional groups attached to an aromatic ring is 1. The number of sulfonamides is 1. The maximum Gasteiger partial charge on any atom is 0.244 e. The molecule has 0 spiro atoms. The van der Waals surface area contributed by atoms with Crippen molar-refractivity contribution in [3.8, 4) is 0 Å². The molecule has 0 heterocycles. The second kappa shape index (κ2) is 4.70. The highest BCUT2D eigenvalue weighted by Crippen LogP contribution is 2.32. The number of aliphatic hydroxyl groups is 1. The van der Waals surface area contributed by atoms with E-state index in [1.54, 1.807) is 6.07 Å². The standard InChI is InChI=1S/C11H15ClN2O3S/c12-8-3-1-4-9(13)10(8)18(16,17)14-7-11(15)5-2-6-11/h1,3-4,14-15H,2,5-7,13H2. The fourth-order valence-electron chi connectivity index (χ4n) is 1.87. The van der Waals surface area contributed by atoms with Crippen LogP contribution in [-0.2, 0) is 10.0 Å². The van der Waals surface area contributed by atoms with E-state index in [0.717, 1.165) is 6.42 Å². The first-order chi connectivity index (χ1) is 8.34. The van der Waals surface area contributed by atoms with Gasteiger partial charge in [0.05, 0.1) is 16.3 Å². The van der Waals surface area contributed by atoms with Crippen LogP contribution in [0.4, 0.5) is 5.69 Å². The largest absolute Gasteiger partial charge is 0.398 e. The summed E-state index contributed by atoms with van der Waals surface area (Å²) in [6.45, 7) is -0.0139. The van der Waals surface area contributed by atoms with E-state index in [9.17, 15) is 13.5 Å². The highest BCUT2D eigenvalue weighted by atomic mass is 35.5. The summed E-state index contributed by atoms with van der Waals surface area (Å²) < 4.78 is 26.5. The van der Waals surface area contributed by atoms with E-state index < -0.39 is 15.6 Å². The van der Waals surface area contributed by atoms with E-state index in [1.807, 2.05) is 0 Å². The molecule has 0 atom stereocenters. The summed E-state index contributed by atoms with van der Waals surface area (Å²) in [7, 11) is -3.80. The van der Waals surface area contributed by atoms with E-state index in [4.69, 9.17) is 17.3 Å². The SMILES string of the molecule is Nc1cccc(Cl)c1S(=O)(=O)NCC1(O)CCC1. The van der Waals surface area contributed by atoms with Crippen LogP contribution in [0.15, 0.2) is 23.1 Å². The van der Waals surface area contributed by atoms with E-state index in [0.29, 0.717) is 12.8 Å². The molecule has 0 bridgehead atoms. The monoisotopic (exact) mass is 290 g/mol. The number of nitrogens with one attached hydrogen (secondary N) is 1. The molecule has 0 amide bonds. The molecule has 1 aliphatic carbocycles. The Bertz CT molecular complexity index is 535. The van der Waals surface area contributed by atoms with Crippen LogP contribution in [0.25, 0.3) is 0 Å². The third-order valence-electron chi connectivity index (χ3n) is 3.14. The fraction of sp³-hybridized carbons (Fsp3) is 0.455. The number of anilines is 1. The Morgan fingerprint density at radius 1 is 1.44 bits per heavy atom. The summed E-state index contributed by atoms with van der Waals surface area (Å²) in [5.41, 5.74) is 4.79. The molecule has 0 aliphatic heterocycles. The molecule has 100 valence electrons. The molecule has 0 radical (unpaired) electrons. The third kappa shape index (κ3) is 2.61. The van der Waals surface area contributed by atoms with Crippen molar-refractivity contribution in [2.45, 2.75) is 29.8 Å². The van der Waals surface area contributed by atoms with Gasteiger partial charge in [0.2, 0.25) is 10.0 Å². The first kappa shape index (κ1) is 13.6. The maximum absolute atomic E-state index is 12.1. The molecule has 0 unspecified atom stereocenters. The molecule has 18 heavy (non-hydrogen) atoms. The third-order valence-corrected chi connectivity index (χ3v) is 5.09. The minimum atomic E-state index is -3.80. The Labute approximate surface area is 111 Å². The van der Waals surface area contributed by atoms with Crippen LogP contribution in [0.5, 0.6) is 0 Å². The number of rotatable bonds is 4.